The van der Waals surface area contributed by atoms with Crippen molar-refractivity contribution in [2.24, 2.45) is 10.2 Å². The molecular formula is C17H11N3O5. The van der Waals surface area contributed by atoms with Crippen LogP contribution in [0.1, 0.15) is 23.2 Å². The van der Waals surface area contributed by atoms with E-state index in [2.05, 4.69) is 10.2 Å². The summed E-state index contributed by atoms with van der Waals surface area (Å²) in [6, 6.07) is 11.3. The minimum atomic E-state index is -0.692. The minimum Gasteiger partial charge on any atom is -0.507 e. The fourth-order valence-corrected chi connectivity index (χ4v) is 2.87. The van der Waals surface area contributed by atoms with E-state index in [1.165, 1.54) is 12.1 Å². The standard InChI is InChI=1S/C17H11N3O5/c21-16-11-3-1-2-4-12(11)25-17(22)13(16)15-14(18-19-15)9-5-7-10(8-6-9)20(23)24/h1-8,14-15,21H. The largest absolute Gasteiger partial charge is 0.507 e. The molecule has 3 aromatic rings. The number of benzene rings is 2. The molecule has 1 aliphatic heterocycles. The molecule has 124 valence electrons. The highest BCUT2D eigenvalue weighted by molar-refractivity contribution is 5.84. The van der Waals surface area contributed by atoms with E-state index in [9.17, 15) is 20.0 Å². The molecule has 2 aromatic carbocycles. The van der Waals surface area contributed by atoms with Crippen molar-refractivity contribution < 1.29 is 14.4 Å². The van der Waals surface area contributed by atoms with Gasteiger partial charge < -0.3 is 9.52 Å². The number of nitro groups is 1. The fourth-order valence-electron chi connectivity index (χ4n) is 2.87. The quantitative estimate of drug-likeness (QED) is 0.444. The van der Waals surface area contributed by atoms with E-state index in [1.807, 2.05) is 0 Å². The summed E-state index contributed by atoms with van der Waals surface area (Å²) in [7, 11) is 0. The molecule has 0 radical (unpaired) electrons. The van der Waals surface area contributed by atoms with E-state index in [-0.39, 0.29) is 22.6 Å². The maximum absolute atomic E-state index is 12.3. The van der Waals surface area contributed by atoms with Crippen molar-refractivity contribution >= 4 is 16.7 Å². The normalized spacial score (nSPS) is 18.9. The molecule has 0 spiro atoms. The van der Waals surface area contributed by atoms with Crippen molar-refractivity contribution in [2.75, 3.05) is 0 Å². The summed E-state index contributed by atoms with van der Waals surface area (Å²) < 4.78 is 5.26. The predicted molar refractivity (Wildman–Crippen MR) is 87.6 cm³/mol. The lowest BCUT2D eigenvalue weighted by Gasteiger charge is -2.26. The van der Waals surface area contributed by atoms with Crippen molar-refractivity contribution in [1.82, 2.24) is 0 Å². The van der Waals surface area contributed by atoms with Crippen LogP contribution in [0.15, 0.2) is 68.0 Å². The SMILES string of the molecule is O=c1oc2ccccc2c(O)c1C1N=NC1c1ccc([N+](=O)[O-])cc1. The van der Waals surface area contributed by atoms with Crippen molar-refractivity contribution in [3.8, 4) is 5.75 Å². The molecule has 8 heteroatoms. The third kappa shape index (κ3) is 2.35. The van der Waals surface area contributed by atoms with E-state index in [0.717, 1.165) is 0 Å². The molecule has 0 saturated carbocycles. The molecule has 8 nitrogen and oxygen atoms in total. The maximum Gasteiger partial charge on any atom is 0.345 e. The summed E-state index contributed by atoms with van der Waals surface area (Å²) in [6.07, 6.45) is 0. The van der Waals surface area contributed by atoms with Gasteiger partial charge in [0.05, 0.1) is 10.3 Å². The second-order valence-electron chi connectivity index (χ2n) is 5.62. The van der Waals surface area contributed by atoms with Crippen LogP contribution in [-0.4, -0.2) is 10.0 Å². The van der Waals surface area contributed by atoms with Crippen LogP contribution in [0.5, 0.6) is 5.75 Å². The number of nitro benzene ring substituents is 1. The summed E-state index contributed by atoms with van der Waals surface area (Å²) in [4.78, 5) is 22.5. The van der Waals surface area contributed by atoms with Crippen LogP contribution in [0.25, 0.3) is 11.0 Å². The summed E-state index contributed by atoms with van der Waals surface area (Å²) in [5.41, 5.74) is 0.280. The first-order valence-electron chi connectivity index (χ1n) is 7.45. The second kappa shape index (κ2) is 5.52. The lowest BCUT2D eigenvalue weighted by Crippen LogP contribution is -2.21. The zero-order valence-electron chi connectivity index (χ0n) is 12.7. The van der Waals surface area contributed by atoms with Crippen LogP contribution < -0.4 is 5.63 Å². The van der Waals surface area contributed by atoms with Crippen LogP contribution in [-0.2, 0) is 0 Å². The molecule has 1 aromatic heterocycles. The Bertz CT molecular complexity index is 1070. The predicted octanol–water partition coefficient (Wildman–Crippen LogP) is 3.66. The van der Waals surface area contributed by atoms with Gasteiger partial charge in [-0.15, -0.1) is 0 Å². The van der Waals surface area contributed by atoms with Crippen molar-refractivity contribution in [2.45, 2.75) is 12.1 Å². The van der Waals surface area contributed by atoms with Gasteiger partial charge in [0.1, 0.15) is 29.0 Å². The summed E-state index contributed by atoms with van der Waals surface area (Å²) in [5, 5.41) is 29.6. The lowest BCUT2D eigenvalue weighted by molar-refractivity contribution is -0.384. The van der Waals surface area contributed by atoms with Gasteiger partial charge in [-0.05, 0) is 29.8 Å². The van der Waals surface area contributed by atoms with Crippen molar-refractivity contribution in [3.63, 3.8) is 0 Å². The zero-order valence-corrected chi connectivity index (χ0v) is 12.7. The van der Waals surface area contributed by atoms with E-state index in [1.54, 1.807) is 36.4 Å². The number of azo groups is 1. The number of aromatic hydroxyl groups is 1. The Morgan fingerprint density at radius 2 is 1.72 bits per heavy atom. The molecule has 0 fully saturated rings. The number of rotatable bonds is 3. The molecule has 1 aliphatic rings. The number of nitrogens with zero attached hydrogens (tertiary/aromatic N) is 3. The van der Waals surface area contributed by atoms with Crippen LogP contribution in [0.2, 0.25) is 0 Å². The molecule has 0 amide bonds. The first-order valence-corrected chi connectivity index (χ1v) is 7.45. The monoisotopic (exact) mass is 337 g/mol. The van der Waals surface area contributed by atoms with Gasteiger partial charge in [0, 0.05) is 12.1 Å². The maximum atomic E-state index is 12.3. The van der Waals surface area contributed by atoms with E-state index >= 15 is 0 Å². The summed E-state index contributed by atoms with van der Waals surface area (Å²) in [5.74, 6) is -0.178. The minimum absolute atomic E-state index is 0.0374. The van der Waals surface area contributed by atoms with Crippen molar-refractivity contribution in [3.05, 3.63) is 80.2 Å². The molecule has 25 heavy (non-hydrogen) atoms. The molecular weight excluding hydrogens is 326 g/mol. The molecule has 0 aliphatic carbocycles. The summed E-state index contributed by atoms with van der Waals surface area (Å²) in [6.45, 7) is 0. The molecule has 2 atom stereocenters. The number of fused-ring (bicyclic) bond motifs is 1. The Balaban J connectivity index is 1.76. The van der Waals surface area contributed by atoms with Crippen molar-refractivity contribution in [1.29, 1.82) is 0 Å². The fraction of sp³-hybridized carbons (Fsp3) is 0.118. The van der Waals surface area contributed by atoms with Gasteiger partial charge in [-0.25, -0.2) is 4.79 Å². The average molecular weight is 337 g/mol. The van der Waals surface area contributed by atoms with E-state index in [4.69, 9.17) is 4.42 Å². The molecule has 0 bridgehead atoms. The zero-order chi connectivity index (χ0) is 17.6. The van der Waals surface area contributed by atoms with Gasteiger partial charge in [-0.3, -0.25) is 10.1 Å². The molecule has 2 heterocycles. The van der Waals surface area contributed by atoms with Crippen LogP contribution in [0.3, 0.4) is 0 Å². The van der Waals surface area contributed by atoms with Gasteiger partial charge in [-0.2, -0.15) is 10.2 Å². The molecule has 1 N–H and O–H groups in total. The molecule has 4 rings (SSSR count). The van der Waals surface area contributed by atoms with Gasteiger partial charge >= 0.3 is 5.63 Å². The highest BCUT2D eigenvalue weighted by Gasteiger charge is 2.37. The number of hydrogen-bond donors (Lipinski definition) is 1. The second-order valence-corrected chi connectivity index (χ2v) is 5.62. The summed E-state index contributed by atoms with van der Waals surface area (Å²) >= 11 is 0. The van der Waals surface area contributed by atoms with Gasteiger partial charge in [0.25, 0.3) is 5.69 Å². The third-order valence-electron chi connectivity index (χ3n) is 4.18. The molecule has 2 unspecified atom stereocenters. The Morgan fingerprint density at radius 3 is 2.36 bits per heavy atom. The third-order valence-corrected chi connectivity index (χ3v) is 4.18. The Labute approximate surface area is 140 Å². The highest BCUT2D eigenvalue weighted by atomic mass is 16.6. The van der Waals surface area contributed by atoms with Gasteiger partial charge in [0.2, 0.25) is 0 Å². The Kier molecular flexibility index (Phi) is 3.31. The average Bonchev–Trinajstić information content (AvgIpc) is 2.58. The topological polar surface area (TPSA) is 118 Å². The van der Waals surface area contributed by atoms with E-state index in [0.29, 0.717) is 10.9 Å². The lowest BCUT2D eigenvalue weighted by atomic mass is 9.92. The first kappa shape index (κ1) is 15.0. The van der Waals surface area contributed by atoms with E-state index < -0.39 is 22.6 Å². The Morgan fingerprint density at radius 1 is 1.04 bits per heavy atom. The highest BCUT2D eigenvalue weighted by Crippen LogP contribution is 2.46. The van der Waals surface area contributed by atoms with Crippen LogP contribution in [0.4, 0.5) is 5.69 Å². The number of hydrogen-bond acceptors (Lipinski definition) is 7. The first-order chi connectivity index (χ1) is 12.1. The van der Waals surface area contributed by atoms with Crippen LogP contribution in [0, 0.1) is 10.1 Å². The number of para-hydroxylation sites is 1. The van der Waals surface area contributed by atoms with Gasteiger partial charge in [0.15, 0.2) is 0 Å². The number of non-ortho nitro benzene ring substituents is 1. The van der Waals surface area contributed by atoms with Gasteiger partial charge in [-0.1, -0.05) is 12.1 Å². The van der Waals surface area contributed by atoms with Crippen LogP contribution >= 0.6 is 0 Å². The molecule has 0 saturated heterocycles. The Hall–Kier alpha value is -3.55. The smallest absolute Gasteiger partial charge is 0.345 e.